The second-order valence-corrected chi connectivity index (χ2v) is 5.54. The Morgan fingerprint density at radius 3 is 2.31 bits per heavy atom. The van der Waals surface area contributed by atoms with Gasteiger partial charge in [-0.3, -0.25) is 0 Å². The minimum absolute atomic E-state index is 0.0772. The van der Waals surface area contributed by atoms with Crippen LogP contribution in [0.4, 0.5) is 0 Å². The van der Waals surface area contributed by atoms with Crippen molar-refractivity contribution in [2.75, 3.05) is 19.8 Å². The Hall–Kier alpha value is -0.0800. The highest BCUT2D eigenvalue weighted by Gasteiger charge is 2.39. The third kappa shape index (κ3) is 3.46. The van der Waals surface area contributed by atoms with E-state index in [4.69, 9.17) is 9.47 Å². The lowest BCUT2D eigenvalue weighted by Gasteiger charge is -2.43. The van der Waals surface area contributed by atoms with Gasteiger partial charge in [-0.1, -0.05) is 33.6 Å². The van der Waals surface area contributed by atoms with E-state index in [1.807, 2.05) is 0 Å². The fourth-order valence-corrected chi connectivity index (χ4v) is 2.01. The standard InChI is InChI=1S/C14H28O2/c1-5-8-9-13(4,6-2)16-12-14(7-3)10-15-11-14/h5-12H2,1-4H3. The minimum Gasteiger partial charge on any atom is -0.380 e. The summed E-state index contributed by atoms with van der Waals surface area (Å²) in [5.74, 6) is 0. The molecular weight excluding hydrogens is 200 g/mol. The zero-order valence-corrected chi connectivity index (χ0v) is 11.5. The van der Waals surface area contributed by atoms with Crippen molar-refractivity contribution in [2.24, 2.45) is 5.41 Å². The Morgan fingerprint density at radius 2 is 1.94 bits per heavy atom. The maximum absolute atomic E-state index is 6.20. The highest BCUT2D eigenvalue weighted by molar-refractivity contribution is 4.86. The molecule has 0 radical (unpaired) electrons. The molecule has 0 aromatic rings. The fourth-order valence-electron chi connectivity index (χ4n) is 2.01. The van der Waals surface area contributed by atoms with Gasteiger partial charge in [-0.2, -0.15) is 0 Å². The first-order valence-electron chi connectivity index (χ1n) is 6.81. The first kappa shape index (κ1) is 14.0. The molecule has 1 aliphatic rings. The van der Waals surface area contributed by atoms with Crippen LogP contribution >= 0.6 is 0 Å². The van der Waals surface area contributed by atoms with Crippen LogP contribution in [0.15, 0.2) is 0 Å². The molecule has 0 aromatic carbocycles. The van der Waals surface area contributed by atoms with Crippen molar-refractivity contribution in [3.05, 3.63) is 0 Å². The van der Waals surface area contributed by atoms with Crippen LogP contribution in [0.2, 0.25) is 0 Å². The van der Waals surface area contributed by atoms with E-state index in [2.05, 4.69) is 27.7 Å². The van der Waals surface area contributed by atoms with E-state index in [-0.39, 0.29) is 5.60 Å². The molecule has 1 unspecified atom stereocenters. The smallest absolute Gasteiger partial charge is 0.0652 e. The maximum Gasteiger partial charge on any atom is 0.0652 e. The fraction of sp³-hybridized carbons (Fsp3) is 1.00. The van der Waals surface area contributed by atoms with Gasteiger partial charge in [0.2, 0.25) is 0 Å². The van der Waals surface area contributed by atoms with Crippen LogP contribution in [-0.4, -0.2) is 25.4 Å². The molecule has 96 valence electrons. The summed E-state index contributed by atoms with van der Waals surface area (Å²) in [5.41, 5.74) is 0.399. The van der Waals surface area contributed by atoms with Gasteiger partial charge in [0.05, 0.1) is 25.4 Å². The quantitative estimate of drug-likeness (QED) is 0.629. The number of ether oxygens (including phenoxy) is 2. The van der Waals surface area contributed by atoms with Crippen LogP contribution in [0.25, 0.3) is 0 Å². The molecule has 1 saturated heterocycles. The molecule has 1 atom stereocenters. The molecule has 0 saturated carbocycles. The van der Waals surface area contributed by atoms with Gasteiger partial charge in [-0.15, -0.1) is 0 Å². The lowest BCUT2D eigenvalue weighted by molar-refractivity contribution is -0.179. The molecule has 0 bridgehead atoms. The topological polar surface area (TPSA) is 18.5 Å². The predicted octanol–water partition coefficient (Wildman–Crippen LogP) is 3.79. The van der Waals surface area contributed by atoms with Crippen molar-refractivity contribution in [1.82, 2.24) is 0 Å². The molecule has 1 fully saturated rings. The number of unbranched alkanes of at least 4 members (excludes halogenated alkanes) is 1. The Labute approximate surface area is 101 Å². The van der Waals surface area contributed by atoms with Gasteiger partial charge in [-0.05, 0) is 26.2 Å². The summed E-state index contributed by atoms with van der Waals surface area (Å²) in [5, 5.41) is 0. The molecule has 2 heteroatoms. The van der Waals surface area contributed by atoms with Crippen LogP contribution in [-0.2, 0) is 9.47 Å². The van der Waals surface area contributed by atoms with Gasteiger partial charge in [0, 0.05) is 5.41 Å². The van der Waals surface area contributed by atoms with Crippen LogP contribution in [0.3, 0.4) is 0 Å². The number of hydrogen-bond donors (Lipinski definition) is 0. The summed E-state index contributed by atoms with van der Waals surface area (Å²) in [6.07, 6.45) is 5.97. The van der Waals surface area contributed by atoms with E-state index >= 15 is 0 Å². The molecule has 0 N–H and O–H groups in total. The monoisotopic (exact) mass is 228 g/mol. The second kappa shape index (κ2) is 6.02. The highest BCUT2D eigenvalue weighted by atomic mass is 16.5. The van der Waals surface area contributed by atoms with Crippen molar-refractivity contribution in [1.29, 1.82) is 0 Å². The summed E-state index contributed by atoms with van der Waals surface area (Å²) >= 11 is 0. The summed E-state index contributed by atoms with van der Waals surface area (Å²) < 4.78 is 11.5. The maximum atomic E-state index is 6.20. The zero-order chi connectivity index (χ0) is 12.1. The molecule has 1 aliphatic heterocycles. The first-order chi connectivity index (χ1) is 7.60. The SMILES string of the molecule is CCCCC(C)(CC)OCC1(CC)COC1. The average molecular weight is 228 g/mol. The lowest BCUT2D eigenvalue weighted by Crippen LogP contribution is -2.48. The Balaban J connectivity index is 2.37. The van der Waals surface area contributed by atoms with E-state index in [0.29, 0.717) is 5.41 Å². The Morgan fingerprint density at radius 1 is 1.25 bits per heavy atom. The molecule has 2 nitrogen and oxygen atoms in total. The molecular formula is C14H28O2. The third-order valence-electron chi connectivity index (χ3n) is 4.10. The number of rotatable bonds is 8. The minimum atomic E-state index is 0.0772. The van der Waals surface area contributed by atoms with E-state index in [0.717, 1.165) is 26.2 Å². The molecule has 1 heterocycles. The van der Waals surface area contributed by atoms with Crippen molar-refractivity contribution in [3.63, 3.8) is 0 Å². The van der Waals surface area contributed by atoms with Crippen molar-refractivity contribution >= 4 is 0 Å². The average Bonchev–Trinajstić information content (AvgIpc) is 2.25. The zero-order valence-electron chi connectivity index (χ0n) is 11.5. The van der Waals surface area contributed by atoms with Crippen molar-refractivity contribution in [2.45, 2.75) is 65.4 Å². The third-order valence-corrected chi connectivity index (χ3v) is 4.10. The van der Waals surface area contributed by atoms with Crippen LogP contribution in [0, 0.1) is 5.41 Å². The Kier molecular flexibility index (Phi) is 5.26. The van der Waals surface area contributed by atoms with Gasteiger partial charge < -0.3 is 9.47 Å². The summed E-state index contributed by atoms with van der Waals surface area (Å²) in [6, 6.07) is 0. The van der Waals surface area contributed by atoms with Gasteiger partial charge in [0.25, 0.3) is 0 Å². The van der Waals surface area contributed by atoms with Gasteiger partial charge in [0.15, 0.2) is 0 Å². The molecule has 1 rings (SSSR count). The lowest BCUT2D eigenvalue weighted by atomic mass is 9.83. The number of hydrogen-bond acceptors (Lipinski definition) is 2. The molecule has 0 spiro atoms. The highest BCUT2D eigenvalue weighted by Crippen LogP contribution is 2.34. The van der Waals surface area contributed by atoms with Gasteiger partial charge >= 0.3 is 0 Å². The van der Waals surface area contributed by atoms with Gasteiger partial charge in [0.1, 0.15) is 0 Å². The molecule has 0 aromatic heterocycles. The summed E-state index contributed by atoms with van der Waals surface area (Å²) in [7, 11) is 0. The second-order valence-electron chi connectivity index (χ2n) is 5.54. The van der Waals surface area contributed by atoms with Crippen LogP contribution in [0.1, 0.15) is 59.8 Å². The predicted molar refractivity (Wildman–Crippen MR) is 67.7 cm³/mol. The molecule has 0 aliphatic carbocycles. The Bertz CT molecular complexity index is 193. The molecule has 16 heavy (non-hydrogen) atoms. The van der Waals surface area contributed by atoms with Crippen molar-refractivity contribution in [3.8, 4) is 0 Å². The van der Waals surface area contributed by atoms with Crippen LogP contribution < -0.4 is 0 Å². The molecule has 0 amide bonds. The van der Waals surface area contributed by atoms with E-state index < -0.39 is 0 Å². The van der Waals surface area contributed by atoms with E-state index in [1.165, 1.54) is 25.7 Å². The largest absolute Gasteiger partial charge is 0.380 e. The first-order valence-corrected chi connectivity index (χ1v) is 6.81. The van der Waals surface area contributed by atoms with Crippen molar-refractivity contribution < 1.29 is 9.47 Å². The summed E-state index contributed by atoms with van der Waals surface area (Å²) in [4.78, 5) is 0. The summed E-state index contributed by atoms with van der Waals surface area (Å²) in [6.45, 7) is 11.6. The van der Waals surface area contributed by atoms with Gasteiger partial charge in [-0.25, -0.2) is 0 Å². The van der Waals surface area contributed by atoms with E-state index in [1.54, 1.807) is 0 Å². The van der Waals surface area contributed by atoms with E-state index in [9.17, 15) is 0 Å². The van der Waals surface area contributed by atoms with Crippen LogP contribution in [0.5, 0.6) is 0 Å². The normalized spacial score (nSPS) is 22.5.